The van der Waals surface area contributed by atoms with Gasteiger partial charge in [0.2, 0.25) is 0 Å². The maximum atomic E-state index is 5.49. The summed E-state index contributed by atoms with van der Waals surface area (Å²) in [4.78, 5) is 13.3. The standard InChI is InChI=1S/C51H38N4/c1-51-34-33-39(36-15-5-2-6-16-36)35-48(51)52-49(50(53-51)37-17-7-3-8-18-37)38-25-27-41(28-26-38)54(40-19-9-4-10-20-40)42-29-31-43(32-30-42)55-46-23-13-11-21-44(46)45-22-12-14-24-47(45)55/h2-35,48H,1H3. The Bertz CT molecular complexity index is 2740. The van der Waals surface area contributed by atoms with Crippen LogP contribution in [0.15, 0.2) is 216 Å². The Hall–Kier alpha value is -7.04. The zero-order valence-electron chi connectivity index (χ0n) is 30.5. The van der Waals surface area contributed by atoms with E-state index < -0.39 is 5.54 Å². The molecule has 8 aromatic rings. The van der Waals surface area contributed by atoms with E-state index in [1.165, 1.54) is 32.9 Å². The number of allylic oxidation sites excluding steroid dienone is 2. The highest BCUT2D eigenvalue weighted by Crippen LogP contribution is 2.39. The fourth-order valence-corrected chi connectivity index (χ4v) is 8.09. The third-order valence-corrected chi connectivity index (χ3v) is 10.9. The van der Waals surface area contributed by atoms with Gasteiger partial charge >= 0.3 is 0 Å². The molecule has 0 saturated carbocycles. The van der Waals surface area contributed by atoms with Gasteiger partial charge < -0.3 is 9.47 Å². The highest BCUT2D eigenvalue weighted by atomic mass is 15.1. The zero-order chi connectivity index (χ0) is 36.8. The molecule has 1 aliphatic heterocycles. The summed E-state index contributed by atoms with van der Waals surface area (Å²) in [6, 6.07) is 66.4. The molecule has 55 heavy (non-hydrogen) atoms. The van der Waals surface area contributed by atoms with E-state index in [0.29, 0.717) is 0 Å². The molecule has 0 amide bonds. The van der Waals surface area contributed by atoms with Crippen LogP contribution in [-0.4, -0.2) is 27.6 Å². The molecule has 2 atom stereocenters. The fourth-order valence-electron chi connectivity index (χ4n) is 8.09. The van der Waals surface area contributed by atoms with Crippen molar-refractivity contribution in [3.63, 3.8) is 0 Å². The number of benzene rings is 7. The molecule has 0 radical (unpaired) electrons. The summed E-state index contributed by atoms with van der Waals surface area (Å²) in [6.45, 7) is 2.18. The molecule has 262 valence electrons. The van der Waals surface area contributed by atoms with E-state index in [1.807, 2.05) is 6.07 Å². The molecule has 0 saturated heterocycles. The molecule has 0 N–H and O–H groups in total. The number of anilines is 3. The smallest absolute Gasteiger partial charge is 0.103 e. The molecule has 2 unspecified atom stereocenters. The number of hydrogen-bond donors (Lipinski definition) is 0. The lowest BCUT2D eigenvalue weighted by Gasteiger charge is -2.36. The first-order valence-corrected chi connectivity index (χ1v) is 18.9. The molecular formula is C51H38N4. The maximum absolute atomic E-state index is 5.49. The van der Waals surface area contributed by atoms with Crippen molar-refractivity contribution in [2.75, 3.05) is 4.90 Å². The van der Waals surface area contributed by atoms with Crippen molar-refractivity contribution in [2.45, 2.75) is 18.5 Å². The van der Waals surface area contributed by atoms with Gasteiger partial charge in [-0.3, -0.25) is 9.98 Å². The Morgan fingerprint density at radius 3 is 1.60 bits per heavy atom. The summed E-state index contributed by atoms with van der Waals surface area (Å²) in [5, 5.41) is 2.52. The third-order valence-electron chi connectivity index (χ3n) is 10.9. The molecule has 1 aliphatic carbocycles. The van der Waals surface area contributed by atoms with Crippen molar-refractivity contribution in [1.82, 2.24) is 4.57 Å². The molecule has 1 aromatic heterocycles. The largest absolute Gasteiger partial charge is 0.311 e. The van der Waals surface area contributed by atoms with Crippen molar-refractivity contribution in [1.29, 1.82) is 0 Å². The topological polar surface area (TPSA) is 32.9 Å². The number of aromatic nitrogens is 1. The average Bonchev–Trinajstić information content (AvgIpc) is 3.59. The van der Waals surface area contributed by atoms with Crippen LogP contribution in [0.3, 0.4) is 0 Å². The molecular weight excluding hydrogens is 669 g/mol. The Balaban J connectivity index is 1.04. The van der Waals surface area contributed by atoms with E-state index in [9.17, 15) is 0 Å². The van der Waals surface area contributed by atoms with Gasteiger partial charge in [-0.05, 0) is 84.8 Å². The number of rotatable bonds is 7. The molecule has 4 heteroatoms. The van der Waals surface area contributed by atoms with Gasteiger partial charge in [0.25, 0.3) is 0 Å². The first kappa shape index (κ1) is 32.6. The van der Waals surface area contributed by atoms with Gasteiger partial charge in [-0.15, -0.1) is 0 Å². The monoisotopic (exact) mass is 706 g/mol. The summed E-state index contributed by atoms with van der Waals surface area (Å²) in [5.41, 5.74) is 12.5. The second kappa shape index (κ2) is 13.4. The molecule has 0 spiro atoms. The van der Waals surface area contributed by atoms with Crippen LogP contribution in [0.1, 0.15) is 23.6 Å². The minimum atomic E-state index is -0.484. The lowest BCUT2D eigenvalue weighted by molar-refractivity contribution is 0.517. The lowest BCUT2D eigenvalue weighted by atomic mass is 9.82. The zero-order valence-corrected chi connectivity index (χ0v) is 30.5. The first-order valence-electron chi connectivity index (χ1n) is 18.9. The van der Waals surface area contributed by atoms with E-state index in [4.69, 9.17) is 9.98 Å². The fraction of sp³-hybridized carbons (Fsp3) is 0.0588. The highest BCUT2D eigenvalue weighted by molar-refractivity contribution is 6.54. The van der Waals surface area contributed by atoms with Crippen molar-refractivity contribution in [3.05, 3.63) is 223 Å². The summed E-state index contributed by atoms with van der Waals surface area (Å²) >= 11 is 0. The average molecular weight is 707 g/mol. The summed E-state index contributed by atoms with van der Waals surface area (Å²) in [6.07, 6.45) is 6.69. The van der Waals surface area contributed by atoms with Gasteiger partial charge in [0.05, 0.1) is 28.5 Å². The van der Waals surface area contributed by atoms with E-state index >= 15 is 0 Å². The predicted molar refractivity (Wildman–Crippen MR) is 231 cm³/mol. The SMILES string of the molecule is CC12C=CC(c3ccccc3)=CC1N=C(c1ccc(N(c3ccccc3)c3ccc(-n4c5ccccc5c5ccccc54)cc3)cc1)C(c1ccccc1)=N2. The van der Waals surface area contributed by atoms with Crippen LogP contribution < -0.4 is 4.90 Å². The van der Waals surface area contributed by atoms with E-state index in [2.05, 4.69) is 217 Å². The first-order chi connectivity index (χ1) is 27.1. The highest BCUT2D eigenvalue weighted by Gasteiger charge is 2.38. The van der Waals surface area contributed by atoms with E-state index in [-0.39, 0.29) is 6.04 Å². The number of hydrogen-bond acceptors (Lipinski definition) is 3. The Kier molecular flexibility index (Phi) is 7.96. The molecule has 7 aromatic carbocycles. The molecule has 2 aliphatic rings. The summed E-state index contributed by atoms with van der Waals surface area (Å²) < 4.78 is 2.36. The second-order valence-electron chi connectivity index (χ2n) is 14.4. The Morgan fingerprint density at radius 2 is 0.982 bits per heavy atom. The van der Waals surface area contributed by atoms with Crippen LogP contribution in [0, 0.1) is 0 Å². The third kappa shape index (κ3) is 5.80. The Labute approximate surface area is 321 Å². The van der Waals surface area contributed by atoms with Crippen molar-refractivity contribution >= 4 is 55.9 Å². The van der Waals surface area contributed by atoms with Crippen molar-refractivity contribution in [3.8, 4) is 5.69 Å². The van der Waals surface area contributed by atoms with E-state index in [1.54, 1.807) is 0 Å². The number of fused-ring (bicyclic) bond motifs is 4. The van der Waals surface area contributed by atoms with Gasteiger partial charge in [-0.2, -0.15) is 0 Å². The summed E-state index contributed by atoms with van der Waals surface area (Å²) in [5.74, 6) is 0. The molecule has 2 heterocycles. The van der Waals surface area contributed by atoms with Crippen molar-refractivity contribution < 1.29 is 0 Å². The normalized spacial score (nSPS) is 17.7. The molecule has 0 fully saturated rings. The van der Waals surface area contributed by atoms with Gasteiger partial charge in [0, 0.05) is 44.6 Å². The minimum Gasteiger partial charge on any atom is -0.311 e. The van der Waals surface area contributed by atoms with Gasteiger partial charge in [0.15, 0.2) is 0 Å². The Morgan fingerprint density at radius 1 is 0.491 bits per heavy atom. The molecule has 4 nitrogen and oxygen atoms in total. The van der Waals surface area contributed by atoms with Crippen LogP contribution in [0.2, 0.25) is 0 Å². The van der Waals surface area contributed by atoms with Crippen LogP contribution in [0.5, 0.6) is 0 Å². The van der Waals surface area contributed by atoms with Gasteiger partial charge in [0.1, 0.15) is 5.54 Å². The van der Waals surface area contributed by atoms with E-state index in [0.717, 1.165) is 45.3 Å². The van der Waals surface area contributed by atoms with Crippen LogP contribution in [-0.2, 0) is 0 Å². The number of para-hydroxylation sites is 3. The second-order valence-corrected chi connectivity index (χ2v) is 14.4. The van der Waals surface area contributed by atoms with Crippen molar-refractivity contribution in [2.24, 2.45) is 9.98 Å². The van der Waals surface area contributed by atoms with Gasteiger partial charge in [-0.1, -0.05) is 140 Å². The summed E-state index contributed by atoms with van der Waals surface area (Å²) in [7, 11) is 0. The number of aliphatic imine (C=N–C) groups is 2. The molecule has 0 bridgehead atoms. The van der Waals surface area contributed by atoms with Crippen LogP contribution in [0.4, 0.5) is 17.1 Å². The maximum Gasteiger partial charge on any atom is 0.103 e. The number of nitrogens with zero attached hydrogens (tertiary/aromatic N) is 4. The molecule has 10 rings (SSSR count). The van der Waals surface area contributed by atoms with Crippen LogP contribution >= 0.6 is 0 Å². The predicted octanol–water partition coefficient (Wildman–Crippen LogP) is 12.3. The van der Waals surface area contributed by atoms with Crippen LogP contribution in [0.25, 0.3) is 33.1 Å². The van der Waals surface area contributed by atoms with Gasteiger partial charge in [-0.25, -0.2) is 0 Å². The lowest BCUT2D eigenvalue weighted by Crippen LogP contribution is -2.42. The quantitative estimate of drug-likeness (QED) is 0.162. The minimum absolute atomic E-state index is 0.135.